The molecule has 1 fully saturated rings. The predicted octanol–water partition coefficient (Wildman–Crippen LogP) is 10.9. The Morgan fingerprint density at radius 2 is 1.17 bits per heavy atom. The number of carbonyl (C=O) groups is 2. The summed E-state index contributed by atoms with van der Waals surface area (Å²) in [6.07, 6.45) is -2.37. The lowest BCUT2D eigenvalue weighted by Gasteiger charge is -2.32. The molecule has 7 rings (SSSR count). The molecule has 1 aliphatic heterocycles. The molecule has 4 N–H and O–H groups in total. The molecule has 1 saturated heterocycles. The Hall–Kier alpha value is -6.77. The van der Waals surface area contributed by atoms with Crippen LogP contribution in [0.5, 0.6) is 11.5 Å². The highest BCUT2D eigenvalue weighted by Gasteiger charge is 2.52. The molecular formula is C48H56BF6IN10O6. The smallest absolute Gasteiger partial charge is 0.491 e. The van der Waals surface area contributed by atoms with E-state index in [-0.39, 0.29) is 38.4 Å². The molecule has 0 atom stereocenters. The Labute approximate surface area is 427 Å². The van der Waals surface area contributed by atoms with Gasteiger partial charge >= 0.3 is 31.5 Å². The zero-order valence-corrected chi connectivity index (χ0v) is 41.2. The zero-order chi connectivity index (χ0) is 51.8. The van der Waals surface area contributed by atoms with E-state index in [4.69, 9.17) is 24.0 Å². The number of anilines is 2. The minimum Gasteiger partial charge on any atom is -0.491 e. The molecule has 386 valence electrons. The van der Waals surface area contributed by atoms with E-state index in [1.54, 1.807) is 76.1 Å². The van der Waals surface area contributed by atoms with Crippen molar-refractivity contribution in [2.24, 2.45) is 0 Å². The number of pyridine rings is 2. The molecule has 24 heteroatoms. The fourth-order valence-electron chi connectivity index (χ4n) is 6.40. The summed E-state index contributed by atoms with van der Waals surface area (Å²) < 4.78 is 102. The number of alkyl halides is 6. The molecule has 0 bridgehead atoms. The normalized spacial score (nSPS) is 13.5. The van der Waals surface area contributed by atoms with Gasteiger partial charge in [0, 0.05) is 41.5 Å². The maximum atomic E-state index is 12.3. The number of fused-ring (bicyclic) bond motifs is 2. The summed E-state index contributed by atoms with van der Waals surface area (Å²) in [5, 5.41) is 26.3. The van der Waals surface area contributed by atoms with Gasteiger partial charge in [-0.15, -0.1) is 0 Å². The van der Waals surface area contributed by atoms with Crippen LogP contribution in [0.15, 0.2) is 85.5 Å². The highest BCUT2D eigenvalue weighted by atomic mass is 127. The molecule has 72 heavy (non-hydrogen) atoms. The first-order valence-electron chi connectivity index (χ1n) is 21.3. The van der Waals surface area contributed by atoms with Crippen molar-refractivity contribution in [2.45, 2.75) is 106 Å². The number of benzene rings is 2. The van der Waals surface area contributed by atoms with Gasteiger partial charge in [0.25, 0.3) is 0 Å². The number of halogens is 7. The number of imidazole rings is 2. The average Bonchev–Trinajstić information content (AvgIpc) is 3.93. The summed E-state index contributed by atoms with van der Waals surface area (Å²) in [7, 11) is -0.709. The highest BCUT2D eigenvalue weighted by molar-refractivity contribution is 14.1. The van der Waals surface area contributed by atoms with Crippen molar-refractivity contribution in [3.8, 4) is 34.9 Å². The van der Waals surface area contributed by atoms with Gasteiger partial charge < -0.3 is 40.0 Å². The van der Waals surface area contributed by atoms with E-state index < -0.39 is 55.8 Å². The fraction of sp³-hybridized carbons (Fsp3) is 0.375. The quantitative estimate of drug-likeness (QED) is 0.0581. The summed E-state index contributed by atoms with van der Waals surface area (Å²) in [4.78, 5) is 32.1. The maximum Gasteiger partial charge on any atom is 0.495 e. The van der Waals surface area contributed by atoms with Gasteiger partial charge in [-0.2, -0.15) is 36.9 Å². The first-order chi connectivity index (χ1) is 32.7. The lowest BCUT2D eigenvalue weighted by atomic mass is 9.78. The molecule has 2 aromatic carbocycles. The lowest BCUT2D eigenvalue weighted by molar-refractivity contribution is -0.123. The number of aromatic nitrogens is 4. The number of nitrogens with one attached hydrogen (secondary N) is 4. The van der Waals surface area contributed by atoms with Crippen molar-refractivity contribution < 1.29 is 54.7 Å². The van der Waals surface area contributed by atoms with Crippen molar-refractivity contribution in [3.63, 3.8) is 0 Å². The van der Waals surface area contributed by atoms with Gasteiger partial charge in [0.2, 0.25) is 0 Å². The van der Waals surface area contributed by atoms with Crippen molar-refractivity contribution >= 4 is 69.9 Å². The topological polar surface area (TPSA) is 201 Å². The number of ether oxygens (including phenoxy) is 2. The second-order valence-corrected chi connectivity index (χ2v) is 18.1. The van der Waals surface area contributed by atoms with Crippen LogP contribution >= 0.6 is 22.6 Å². The van der Waals surface area contributed by atoms with E-state index in [9.17, 15) is 41.2 Å². The Kier molecular flexibility index (Phi) is 20.3. The summed E-state index contributed by atoms with van der Waals surface area (Å²) in [6, 6.07) is 18.8. The Morgan fingerprint density at radius 1 is 0.722 bits per heavy atom. The molecule has 1 aliphatic rings. The summed E-state index contributed by atoms with van der Waals surface area (Å²) in [5.74, 6) is 0.855. The Morgan fingerprint density at radius 3 is 1.64 bits per heavy atom. The SMILES string of the molecule is C.C.CC(C)Oc1cc(NC(=O)NCC(F)(F)F)cc(-c2cnc3c(C#N)cccn23)c1.CC(C)Oc1cc(NC(=O)NCC(F)(F)F)cc(B2OC(C)(C)C(C)(C)O2)c1.N#Cc1cccn2c(I)cnc12. The third-order valence-electron chi connectivity index (χ3n) is 10.1. The van der Waals surface area contributed by atoms with Gasteiger partial charge in [-0.3, -0.25) is 8.80 Å². The van der Waals surface area contributed by atoms with Gasteiger partial charge in [0.15, 0.2) is 11.3 Å². The molecule has 0 unspecified atom stereocenters. The predicted molar refractivity (Wildman–Crippen MR) is 271 cm³/mol. The van der Waals surface area contributed by atoms with Crippen LogP contribution in [0.1, 0.15) is 81.4 Å². The van der Waals surface area contributed by atoms with E-state index in [1.807, 2.05) is 72.1 Å². The van der Waals surface area contributed by atoms with E-state index in [0.29, 0.717) is 45.0 Å². The molecular weight excluding hydrogens is 1060 g/mol. The molecule has 5 heterocycles. The molecule has 6 aromatic rings. The molecule has 0 spiro atoms. The minimum atomic E-state index is -4.51. The van der Waals surface area contributed by atoms with Crippen molar-refractivity contribution in [1.82, 2.24) is 29.4 Å². The van der Waals surface area contributed by atoms with Gasteiger partial charge in [0.05, 0.1) is 52.6 Å². The van der Waals surface area contributed by atoms with Gasteiger partial charge in [-0.1, -0.05) is 14.9 Å². The van der Waals surface area contributed by atoms with Crippen molar-refractivity contribution in [1.29, 1.82) is 10.5 Å². The number of urea groups is 2. The number of amides is 4. The first-order valence-corrected chi connectivity index (χ1v) is 22.4. The standard InChI is InChI=1S/C20H18F3N5O2.C18H26BF3N2O4.C8H4IN3.2CH4/c1-12(2)30-16-7-14(6-15(8-16)27-19(29)26-11-20(21,22)23)17-10-25-18-13(9-24)4-3-5-28(17)18;1-11(2)26-14-8-12(19-27-16(3,4)17(5,6)28-19)7-13(9-14)24-15(25)23-10-18(20,21)22;9-7-5-11-8-6(4-10)2-1-3-12(7)8;;/h3-8,10,12H,11H2,1-2H3,(H2,26,27,29);7-9,11H,10H2,1-6H3,(H2,23,24,25);1-3,5H;2*1H4. The van der Waals surface area contributed by atoms with E-state index in [1.165, 1.54) is 12.1 Å². The molecule has 0 radical (unpaired) electrons. The number of nitrogens with zero attached hydrogens (tertiary/aromatic N) is 6. The third-order valence-corrected chi connectivity index (χ3v) is 10.9. The molecule has 0 aliphatic carbocycles. The van der Waals surface area contributed by atoms with E-state index in [2.05, 4.69) is 55.3 Å². The lowest BCUT2D eigenvalue weighted by Crippen LogP contribution is -2.41. The van der Waals surface area contributed by atoms with Crippen LogP contribution in [-0.4, -0.2) is 86.8 Å². The number of nitriles is 2. The molecule has 4 aromatic heterocycles. The van der Waals surface area contributed by atoms with Gasteiger partial charge in [0.1, 0.15) is 40.4 Å². The molecule has 0 saturated carbocycles. The second kappa shape index (κ2) is 24.6. The number of hydrogen-bond donors (Lipinski definition) is 4. The Balaban J connectivity index is 0.000000303. The van der Waals surface area contributed by atoms with Crippen LogP contribution in [0.4, 0.5) is 47.3 Å². The monoisotopic (exact) mass is 1120 g/mol. The van der Waals surface area contributed by atoms with Crippen LogP contribution in [-0.2, 0) is 9.31 Å². The summed E-state index contributed by atoms with van der Waals surface area (Å²) in [5.41, 5.74) is 3.38. The third kappa shape index (κ3) is 16.4. The van der Waals surface area contributed by atoms with Gasteiger partial charge in [-0.05, 0) is 132 Å². The van der Waals surface area contributed by atoms with Crippen LogP contribution in [0.2, 0.25) is 0 Å². The van der Waals surface area contributed by atoms with E-state index in [0.717, 1.165) is 9.35 Å². The average molecular weight is 1120 g/mol. The van der Waals surface area contributed by atoms with Crippen LogP contribution < -0.4 is 36.2 Å². The van der Waals surface area contributed by atoms with Crippen molar-refractivity contribution in [2.75, 3.05) is 23.7 Å². The summed E-state index contributed by atoms with van der Waals surface area (Å²) in [6.45, 7) is 12.1. The maximum absolute atomic E-state index is 12.3. The fourth-order valence-corrected chi connectivity index (χ4v) is 6.93. The van der Waals surface area contributed by atoms with E-state index >= 15 is 0 Å². The second-order valence-electron chi connectivity index (χ2n) is 17.0. The Bertz CT molecular complexity index is 2900. The number of carbonyl (C=O) groups excluding carboxylic acids is 2. The highest BCUT2D eigenvalue weighted by Crippen LogP contribution is 2.37. The zero-order valence-electron chi connectivity index (χ0n) is 39.0. The number of hydrogen-bond acceptors (Lipinski definition) is 10. The van der Waals surface area contributed by atoms with Crippen molar-refractivity contribution in [3.05, 3.63) is 100 Å². The molecule has 16 nitrogen and oxygen atoms in total. The largest absolute Gasteiger partial charge is 0.495 e. The number of rotatable bonds is 10. The van der Waals surface area contributed by atoms with Crippen LogP contribution in [0, 0.1) is 26.4 Å². The minimum absolute atomic E-state index is 0. The molecule has 4 amide bonds. The first kappa shape index (κ1) is 59.5. The van der Waals surface area contributed by atoms with Crippen LogP contribution in [0.25, 0.3) is 22.6 Å². The summed E-state index contributed by atoms with van der Waals surface area (Å²) >= 11 is 2.18. The van der Waals surface area contributed by atoms with Gasteiger partial charge in [-0.25, -0.2) is 19.6 Å². The van der Waals surface area contributed by atoms with Crippen LogP contribution in [0.3, 0.4) is 0 Å².